The maximum Gasteiger partial charge on any atom is 0.0615 e. The second-order valence-electron chi connectivity index (χ2n) is 2.14. The van der Waals surface area contributed by atoms with Crippen LogP contribution in [0.4, 0.5) is 0 Å². The maximum absolute atomic E-state index is 3.63. The molecule has 0 unspecified atom stereocenters. The molecule has 0 spiro atoms. The highest BCUT2D eigenvalue weighted by molar-refractivity contribution is 5.34. The van der Waals surface area contributed by atoms with Gasteiger partial charge in [-0.2, -0.15) is 0 Å². The highest BCUT2D eigenvalue weighted by atomic mass is 15.0. The maximum atomic E-state index is 3.63. The van der Waals surface area contributed by atoms with Crippen molar-refractivity contribution in [3.05, 3.63) is 48.6 Å². The molecule has 0 aromatic carbocycles. The minimum absolute atomic E-state index is 1.05. The molecule has 58 valence electrons. The summed E-state index contributed by atoms with van der Waals surface area (Å²) >= 11 is 0. The third kappa shape index (κ3) is 1.74. The molecule has 2 nitrogen and oxygen atoms in total. The summed E-state index contributed by atoms with van der Waals surface area (Å²) in [6.07, 6.45) is 9.39. The summed E-state index contributed by atoms with van der Waals surface area (Å²) in [7, 11) is 0. The summed E-state index contributed by atoms with van der Waals surface area (Å²) in [6.45, 7) is 5.61. The smallest absolute Gasteiger partial charge is 0.0615 e. The van der Waals surface area contributed by atoms with Gasteiger partial charge in [0, 0.05) is 12.4 Å². The number of rotatable bonds is 1. The van der Waals surface area contributed by atoms with Crippen molar-refractivity contribution in [1.29, 1.82) is 0 Å². The molecule has 0 amide bonds. The molecular weight excluding hydrogens is 136 g/mol. The van der Waals surface area contributed by atoms with Crippen molar-refractivity contribution in [3.8, 4) is 0 Å². The van der Waals surface area contributed by atoms with E-state index < -0.39 is 0 Å². The molecule has 2 N–H and O–H groups in total. The van der Waals surface area contributed by atoms with Crippen molar-refractivity contribution < 1.29 is 0 Å². The summed E-state index contributed by atoms with van der Waals surface area (Å²) in [6, 6.07) is 0. The first kappa shape index (κ1) is 7.66. The minimum atomic E-state index is 1.05. The Balaban J connectivity index is 2.86. The van der Waals surface area contributed by atoms with Crippen LogP contribution in [0.3, 0.4) is 0 Å². The van der Waals surface area contributed by atoms with Gasteiger partial charge in [0.05, 0.1) is 11.4 Å². The van der Waals surface area contributed by atoms with Crippen LogP contribution in [0.1, 0.15) is 6.92 Å². The Kier molecular flexibility index (Phi) is 2.55. The van der Waals surface area contributed by atoms with Gasteiger partial charge in [0.1, 0.15) is 0 Å². The quantitative estimate of drug-likeness (QED) is 0.590. The fraction of sp³-hybridized carbons (Fsp3) is 0.111. The van der Waals surface area contributed by atoms with Crippen molar-refractivity contribution in [2.24, 2.45) is 0 Å². The van der Waals surface area contributed by atoms with Gasteiger partial charge in [0.2, 0.25) is 0 Å². The lowest BCUT2D eigenvalue weighted by Crippen LogP contribution is -2.21. The molecule has 0 aliphatic carbocycles. The lowest BCUT2D eigenvalue weighted by molar-refractivity contribution is 0.912. The molecule has 0 saturated heterocycles. The largest absolute Gasteiger partial charge is 0.359 e. The van der Waals surface area contributed by atoms with Crippen LogP contribution >= 0.6 is 0 Å². The van der Waals surface area contributed by atoms with E-state index in [1.54, 1.807) is 6.08 Å². The van der Waals surface area contributed by atoms with E-state index >= 15 is 0 Å². The molecule has 0 radical (unpaired) electrons. The van der Waals surface area contributed by atoms with Crippen LogP contribution in [0.2, 0.25) is 0 Å². The van der Waals surface area contributed by atoms with Crippen molar-refractivity contribution >= 4 is 0 Å². The van der Waals surface area contributed by atoms with E-state index in [-0.39, 0.29) is 0 Å². The molecule has 1 aliphatic heterocycles. The van der Waals surface area contributed by atoms with Crippen molar-refractivity contribution in [1.82, 2.24) is 10.6 Å². The first-order valence-corrected chi connectivity index (χ1v) is 3.56. The summed E-state index contributed by atoms with van der Waals surface area (Å²) in [5, 5.41) is 6.21. The zero-order valence-corrected chi connectivity index (χ0v) is 6.59. The van der Waals surface area contributed by atoms with E-state index in [0.29, 0.717) is 0 Å². The van der Waals surface area contributed by atoms with Crippen LogP contribution in [0.5, 0.6) is 0 Å². The van der Waals surface area contributed by atoms with Crippen LogP contribution in [-0.2, 0) is 0 Å². The molecule has 0 aromatic heterocycles. The SMILES string of the molecule is C=C/C=C1/NC=CN/C1=C/C. The standard InChI is InChI=1S/C9H12N2/c1-3-5-9-8(4-2)10-6-7-11-9/h3-7,10-11H,1H2,2H3/b8-4+,9-5+. The molecule has 0 fully saturated rings. The first-order chi connectivity index (χ1) is 5.38. The van der Waals surface area contributed by atoms with Crippen LogP contribution < -0.4 is 10.6 Å². The van der Waals surface area contributed by atoms with Crippen molar-refractivity contribution in [3.63, 3.8) is 0 Å². The van der Waals surface area contributed by atoms with Crippen LogP contribution in [0, 0.1) is 0 Å². The number of hydrogen-bond donors (Lipinski definition) is 2. The molecule has 0 atom stereocenters. The normalized spacial score (nSPS) is 23.0. The van der Waals surface area contributed by atoms with Crippen LogP contribution in [0.25, 0.3) is 0 Å². The zero-order valence-electron chi connectivity index (χ0n) is 6.59. The van der Waals surface area contributed by atoms with E-state index in [1.807, 2.05) is 31.5 Å². The van der Waals surface area contributed by atoms with Gasteiger partial charge in [-0.25, -0.2) is 0 Å². The van der Waals surface area contributed by atoms with E-state index in [2.05, 4.69) is 17.2 Å². The number of nitrogens with one attached hydrogen (secondary N) is 2. The average Bonchev–Trinajstić information content (AvgIpc) is 2.06. The molecule has 1 rings (SSSR count). The van der Waals surface area contributed by atoms with E-state index in [9.17, 15) is 0 Å². The third-order valence-corrected chi connectivity index (χ3v) is 1.42. The lowest BCUT2D eigenvalue weighted by atomic mass is 10.2. The fourth-order valence-electron chi connectivity index (χ4n) is 0.913. The second kappa shape index (κ2) is 3.66. The topological polar surface area (TPSA) is 24.1 Å². The Morgan fingerprint density at radius 1 is 1.27 bits per heavy atom. The molecular formula is C9H12N2. The Morgan fingerprint density at radius 3 is 2.45 bits per heavy atom. The van der Waals surface area contributed by atoms with Gasteiger partial charge in [-0.15, -0.1) is 0 Å². The van der Waals surface area contributed by atoms with E-state index in [1.165, 1.54) is 0 Å². The van der Waals surface area contributed by atoms with E-state index in [0.717, 1.165) is 11.4 Å². The van der Waals surface area contributed by atoms with Crippen LogP contribution in [-0.4, -0.2) is 0 Å². The molecule has 0 saturated carbocycles. The first-order valence-electron chi connectivity index (χ1n) is 3.56. The monoisotopic (exact) mass is 148 g/mol. The van der Waals surface area contributed by atoms with Gasteiger partial charge in [-0.05, 0) is 13.0 Å². The zero-order chi connectivity index (χ0) is 8.10. The van der Waals surface area contributed by atoms with Crippen molar-refractivity contribution in [2.45, 2.75) is 6.92 Å². The summed E-state index contributed by atoms with van der Waals surface area (Å²) in [4.78, 5) is 0. The molecule has 0 bridgehead atoms. The molecule has 11 heavy (non-hydrogen) atoms. The van der Waals surface area contributed by atoms with Crippen molar-refractivity contribution in [2.75, 3.05) is 0 Å². The highest BCUT2D eigenvalue weighted by Crippen LogP contribution is 2.06. The number of allylic oxidation sites excluding steroid dienone is 3. The Bertz CT molecular complexity index is 234. The fourth-order valence-corrected chi connectivity index (χ4v) is 0.913. The minimum Gasteiger partial charge on any atom is -0.359 e. The summed E-state index contributed by atoms with van der Waals surface area (Å²) in [5.41, 5.74) is 2.12. The molecule has 0 aromatic rings. The highest BCUT2D eigenvalue weighted by Gasteiger charge is 2.02. The van der Waals surface area contributed by atoms with E-state index in [4.69, 9.17) is 0 Å². The summed E-state index contributed by atoms with van der Waals surface area (Å²) in [5.74, 6) is 0. The van der Waals surface area contributed by atoms with Gasteiger partial charge in [-0.3, -0.25) is 0 Å². The van der Waals surface area contributed by atoms with Crippen LogP contribution in [0.15, 0.2) is 48.6 Å². The molecule has 1 aliphatic rings. The molecule has 1 heterocycles. The molecule has 2 heteroatoms. The predicted octanol–water partition coefficient (Wildman–Crippen LogP) is 1.62. The van der Waals surface area contributed by atoms with Gasteiger partial charge >= 0.3 is 0 Å². The van der Waals surface area contributed by atoms with Gasteiger partial charge < -0.3 is 10.6 Å². The third-order valence-electron chi connectivity index (χ3n) is 1.42. The Hall–Kier alpha value is -1.44. The average molecular weight is 148 g/mol. The van der Waals surface area contributed by atoms with Gasteiger partial charge in [0.25, 0.3) is 0 Å². The van der Waals surface area contributed by atoms with Gasteiger partial charge in [-0.1, -0.05) is 18.7 Å². The predicted molar refractivity (Wildman–Crippen MR) is 47.4 cm³/mol. The summed E-state index contributed by atoms with van der Waals surface area (Å²) < 4.78 is 0. The second-order valence-corrected chi connectivity index (χ2v) is 2.14. The Morgan fingerprint density at radius 2 is 1.91 bits per heavy atom. The number of hydrogen-bond acceptors (Lipinski definition) is 2. The Labute approximate surface area is 67.0 Å². The van der Waals surface area contributed by atoms with Gasteiger partial charge in [0.15, 0.2) is 0 Å². The lowest BCUT2D eigenvalue weighted by Gasteiger charge is -2.15.